The second-order valence-corrected chi connectivity index (χ2v) is 7.63. The third-order valence-corrected chi connectivity index (χ3v) is 5.04. The number of aryl methyl sites for hydroxylation is 2. The summed E-state index contributed by atoms with van der Waals surface area (Å²) in [6.45, 7) is 9.20. The summed E-state index contributed by atoms with van der Waals surface area (Å²) in [5.41, 5.74) is 3.41. The zero-order chi connectivity index (χ0) is 21.3. The predicted octanol–water partition coefficient (Wildman–Crippen LogP) is 2.86. The molecule has 2 aromatic rings. The number of benzene rings is 1. The average molecular weight is 409 g/mol. The van der Waals surface area contributed by atoms with Crippen LogP contribution in [0.25, 0.3) is 0 Å². The Bertz CT molecular complexity index is 864. The fourth-order valence-corrected chi connectivity index (χ4v) is 3.47. The standard InChI is InChI=1S/C23H32N6O/c1-4-24-23(25-14-12-22(30)28-21-7-5-6-18(3)26-21)27-19-13-15-29(16-19)20-10-8-17(2)9-11-20/h5-11,19H,4,12-16H2,1-3H3,(H2,24,25,27)(H,26,28,30). The first-order chi connectivity index (χ1) is 14.5. The van der Waals surface area contributed by atoms with Gasteiger partial charge in [-0.05, 0) is 51.5 Å². The van der Waals surface area contributed by atoms with Gasteiger partial charge in [0.05, 0.1) is 6.54 Å². The Labute approximate surface area is 179 Å². The summed E-state index contributed by atoms with van der Waals surface area (Å²) in [6.07, 6.45) is 1.37. The minimum absolute atomic E-state index is 0.0842. The normalized spacial score (nSPS) is 16.4. The molecule has 1 unspecified atom stereocenters. The van der Waals surface area contributed by atoms with Crippen molar-refractivity contribution in [2.45, 2.75) is 39.7 Å². The molecule has 0 bridgehead atoms. The SMILES string of the molecule is CCNC(=NCCC(=O)Nc1cccc(C)n1)NC1CCN(c2ccc(C)cc2)C1. The van der Waals surface area contributed by atoms with Gasteiger partial charge in [0.2, 0.25) is 5.91 Å². The lowest BCUT2D eigenvalue weighted by atomic mass is 10.2. The summed E-state index contributed by atoms with van der Waals surface area (Å²) in [6, 6.07) is 14.6. The Kier molecular flexibility index (Phi) is 7.65. The van der Waals surface area contributed by atoms with Crippen molar-refractivity contribution >= 4 is 23.4 Å². The Morgan fingerprint density at radius 2 is 2.00 bits per heavy atom. The van der Waals surface area contributed by atoms with Gasteiger partial charge < -0.3 is 20.9 Å². The van der Waals surface area contributed by atoms with Crippen molar-refractivity contribution in [1.82, 2.24) is 15.6 Å². The number of hydrogen-bond acceptors (Lipinski definition) is 4. The number of rotatable bonds is 7. The van der Waals surface area contributed by atoms with Crippen molar-refractivity contribution in [2.24, 2.45) is 4.99 Å². The number of nitrogens with one attached hydrogen (secondary N) is 3. The van der Waals surface area contributed by atoms with Crippen molar-refractivity contribution in [3.63, 3.8) is 0 Å². The van der Waals surface area contributed by atoms with Gasteiger partial charge in [0.1, 0.15) is 5.82 Å². The summed E-state index contributed by atoms with van der Waals surface area (Å²) in [7, 11) is 0. The van der Waals surface area contributed by atoms with Gasteiger partial charge in [-0.3, -0.25) is 9.79 Å². The maximum Gasteiger partial charge on any atom is 0.227 e. The fraction of sp³-hybridized carbons (Fsp3) is 0.435. The Hall–Kier alpha value is -3.09. The van der Waals surface area contributed by atoms with E-state index < -0.39 is 0 Å². The molecule has 1 aromatic heterocycles. The first kappa shape index (κ1) is 21.6. The lowest BCUT2D eigenvalue weighted by molar-refractivity contribution is -0.116. The molecule has 7 heteroatoms. The molecule has 3 N–H and O–H groups in total. The largest absolute Gasteiger partial charge is 0.369 e. The number of pyridine rings is 1. The van der Waals surface area contributed by atoms with Crippen LogP contribution in [0.15, 0.2) is 47.5 Å². The quantitative estimate of drug-likeness (QED) is 0.485. The van der Waals surface area contributed by atoms with Gasteiger partial charge in [-0.25, -0.2) is 4.98 Å². The summed E-state index contributed by atoms with van der Waals surface area (Å²) in [4.78, 5) is 23.4. The van der Waals surface area contributed by atoms with Crippen LogP contribution in [0.1, 0.15) is 31.0 Å². The van der Waals surface area contributed by atoms with E-state index >= 15 is 0 Å². The number of guanidine groups is 1. The van der Waals surface area contributed by atoms with Crippen LogP contribution >= 0.6 is 0 Å². The number of aromatic nitrogens is 1. The van der Waals surface area contributed by atoms with Crippen LogP contribution in [0.5, 0.6) is 0 Å². The average Bonchev–Trinajstić information content (AvgIpc) is 3.17. The number of carbonyl (C=O) groups excluding carboxylic acids is 1. The highest BCUT2D eigenvalue weighted by atomic mass is 16.1. The highest BCUT2D eigenvalue weighted by molar-refractivity contribution is 5.90. The highest BCUT2D eigenvalue weighted by Crippen LogP contribution is 2.20. The molecule has 1 aliphatic rings. The first-order valence-corrected chi connectivity index (χ1v) is 10.6. The van der Waals surface area contributed by atoms with E-state index in [1.54, 1.807) is 6.07 Å². The van der Waals surface area contributed by atoms with Gasteiger partial charge in [-0.2, -0.15) is 0 Å². The van der Waals surface area contributed by atoms with Crippen molar-refractivity contribution < 1.29 is 4.79 Å². The fourth-order valence-electron chi connectivity index (χ4n) is 3.47. The Morgan fingerprint density at radius 3 is 2.73 bits per heavy atom. The van der Waals surface area contributed by atoms with E-state index in [0.717, 1.165) is 37.7 Å². The molecular formula is C23H32N6O. The van der Waals surface area contributed by atoms with Crippen molar-refractivity contribution in [2.75, 3.05) is 36.4 Å². The molecule has 0 radical (unpaired) electrons. The van der Waals surface area contributed by atoms with E-state index in [9.17, 15) is 4.79 Å². The molecular weight excluding hydrogens is 376 g/mol. The van der Waals surface area contributed by atoms with Crippen LogP contribution < -0.4 is 20.9 Å². The van der Waals surface area contributed by atoms with Crippen LogP contribution in [0.3, 0.4) is 0 Å². The second-order valence-electron chi connectivity index (χ2n) is 7.63. The maximum atomic E-state index is 12.2. The lowest BCUT2D eigenvalue weighted by Crippen LogP contribution is -2.44. The van der Waals surface area contributed by atoms with Gasteiger partial charge in [0.25, 0.3) is 0 Å². The number of amides is 1. The third-order valence-electron chi connectivity index (χ3n) is 5.04. The molecule has 1 fully saturated rings. The Morgan fingerprint density at radius 1 is 1.20 bits per heavy atom. The zero-order valence-corrected chi connectivity index (χ0v) is 18.1. The number of nitrogens with zero attached hydrogens (tertiary/aromatic N) is 3. The first-order valence-electron chi connectivity index (χ1n) is 10.6. The molecule has 0 saturated carbocycles. The molecule has 3 rings (SSSR count). The lowest BCUT2D eigenvalue weighted by Gasteiger charge is -2.20. The number of aliphatic imine (C=N–C) groups is 1. The molecule has 1 saturated heterocycles. The van der Waals surface area contributed by atoms with E-state index in [1.165, 1.54) is 11.3 Å². The molecule has 7 nitrogen and oxygen atoms in total. The molecule has 0 aliphatic carbocycles. The Balaban J connectivity index is 1.48. The van der Waals surface area contributed by atoms with Crippen molar-refractivity contribution in [3.8, 4) is 0 Å². The van der Waals surface area contributed by atoms with Gasteiger partial charge >= 0.3 is 0 Å². The van der Waals surface area contributed by atoms with Crippen molar-refractivity contribution in [1.29, 1.82) is 0 Å². The van der Waals surface area contributed by atoms with Crippen LogP contribution in [-0.2, 0) is 4.79 Å². The van der Waals surface area contributed by atoms with Gasteiger partial charge in [-0.1, -0.05) is 23.8 Å². The molecule has 160 valence electrons. The van der Waals surface area contributed by atoms with E-state index in [0.29, 0.717) is 24.8 Å². The predicted molar refractivity (Wildman–Crippen MR) is 123 cm³/mol. The van der Waals surface area contributed by atoms with Gasteiger partial charge in [0, 0.05) is 43.5 Å². The van der Waals surface area contributed by atoms with E-state index in [-0.39, 0.29) is 5.91 Å². The summed E-state index contributed by atoms with van der Waals surface area (Å²) in [5.74, 6) is 1.25. The second kappa shape index (κ2) is 10.6. The summed E-state index contributed by atoms with van der Waals surface area (Å²) < 4.78 is 0. The van der Waals surface area contributed by atoms with Crippen LogP contribution in [0, 0.1) is 13.8 Å². The van der Waals surface area contributed by atoms with Crippen LogP contribution in [-0.4, -0.2) is 49.1 Å². The van der Waals surface area contributed by atoms with Gasteiger partial charge in [0.15, 0.2) is 5.96 Å². The molecule has 30 heavy (non-hydrogen) atoms. The van der Waals surface area contributed by atoms with Crippen LogP contribution in [0.4, 0.5) is 11.5 Å². The molecule has 2 heterocycles. The van der Waals surface area contributed by atoms with E-state index in [2.05, 4.69) is 62.0 Å². The molecule has 1 atom stereocenters. The number of hydrogen-bond donors (Lipinski definition) is 3. The third kappa shape index (κ3) is 6.47. The monoisotopic (exact) mass is 408 g/mol. The summed E-state index contributed by atoms with van der Waals surface area (Å²) >= 11 is 0. The minimum Gasteiger partial charge on any atom is -0.369 e. The molecule has 1 aromatic carbocycles. The highest BCUT2D eigenvalue weighted by Gasteiger charge is 2.23. The summed E-state index contributed by atoms with van der Waals surface area (Å²) in [5, 5.41) is 9.61. The van der Waals surface area contributed by atoms with E-state index in [4.69, 9.17) is 0 Å². The van der Waals surface area contributed by atoms with Crippen LogP contribution in [0.2, 0.25) is 0 Å². The van der Waals surface area contributed by atoms with Gasteiger partial charge in [-0.15, -0.1) is 0 Å². The van der Waals surface area contributed by atoms with E-state index in [1.807, 2.05) is 26.0 Å². The zero-order valence-electron chi connectivity index (χ0n) is 18.1. The van der Waals surface area contributed by atoms with Crippen molar-refractivity contribution in [3.05, 3.63) is 53.7 Å². The maximum absolute atomic E-state index is 12.2. The molecule has 1 amide bonds. The molecule has 1 aliphatic heterocycles. The number of anilines is 2. The molecule has 0 spiro atoms. The topological polar surface area (TPSA) is 81.6 Å². The minimum atomic E-state index is -0.0842. The number of carbonyl (C=O) groups is 1. The smallest absolute Gasteiger partial charge is 0.227 e.